The molecule has 0 aromatic carbocycles. The van der Waals surface area contributed by atoms with E-state index in [1.807, 2.05) is 37.3 Å². The van der Waals surface area contributed by atoms with Crippen LogP contribution in [0.4, 0.5) is 0 Å². The second-order valence-corrected chi connectivity index (χ2v) is 6.90. The Morgan fingerprint density at radius 2 is 1.57 bits per heavy atom. The highest BCUT2D eigenvalue weighted by Crippen LogP contribution is 2.06. The fraction of sp³-hybridized carbons (Fsp3) is 0.625. The number of ether oxygens (including phenoxy) is 1. The lowest BCUT2D eigenvalue weighted by molar-refractivity contribution is -0.143. The second kappa shape index (κ2) is 20.1. The summed E-state index contributed by atoms with van der Waals surface area (Å²) >= 11 is 0. The molecule has 28 heavy (non-hydrogen) atoms. The predicted octanol–water partition coefficient (Wildman–Crippen LogP) is 5.42. The Morgan fingerprint density at radius 3 is 2.25 bits per heavy atom. The highest BCUT2D eigenvalue weighted by molar-refractivity contribution is 5.69. The van der Waals surface area contributed by atoms with Crippen molar-refractivity contribution in [1.82, 2.24) is 0 Å². The maximum absolute atomic E-state index is 11.2. The first-order chi connectivity index (χ1) is 13.6. The van der Waals surface area contributed by atoms with Crippen LogP contribution in [0.25, 0.3) is 0 Å². The van der Waals surface area contributed by atoms with Crippen LogP contribution in [-0.4, -0.2) is 35.0 Å². The minimum atomic E-state index is -0.492. The Morgan fingerprint density at radius 1 is 0.857 bits per heavy atom. The third-order valence-corrected chi connectivity index (χ3v) is 4.20. The number of hydrogen-bond donors (Lipinski definition) is 2. The van der Waals surface area contributed by atoms with Crippen molar-refractivity contribution in [3.8, 4) is 0 Å². The summed E-state index contributed by atoms with van der Waals surface area (Å²) < 4.78 is 4.89. The fourth-order valence-electron chi connectivity index (χ4n) is 2.59. The Labute approximate surface area is 171 Å². The summed E-state index contributed by atoms with van der Waals surface area (Å²) in [6.45, 7) is 4.42. The molecule has 0 bridgehead atoms. The highest BCUT2D eigenvalue weighted by Gasteiger charge is 2.00. The molecule has 0 saturated carbocycles. The normalized spacial score (nSPS) is 14.6. The van der Waals surface area contributed by atoms with E-state index < -0.39 is 6.10 Å². The van der Waals surface area contributed by atoms with Crippen molar-refractivity contribution in [3.63, 3.8) is 0 Å². The van der Waals surface area contributed by atoms with Gasteiger partial charge in [-0.25, -0.2) is 0 Å². The van der Waals surface area contributed by atoms with Gasteiger partial charge in [-0.1, -0.05) is 81.2 Å². The Bertz CT molecular complexity index is 477. The molecule has 0 fully saturated rings. The van der Waals surface area contributed by atoms with Crippen molar-refractivity contribution in [3.05, 3.63) is 48.6 Å². The number of aliphatic hydroxyl groups is 2. The molecule has 0 radical (unpaired) electrons. The topological polar surface area (TPSA) is 66.8 Å². The Kier molecular flexibility index (Phi) is 18.9. The standard InChI is InChI=1S/C24H40O4/c1-3-5-12-17-22(25)19-14-10-11-15-20-23(26)18-13-8-6-7-9-16-21-24(27)28-4-2/h8,10-11,13-15,19-20,22-23,25-26H,3-7,9,12,16-18,21H2,1-2H3/b11-10+,13-8-,19-14-,20-15+/t22-,23+/m1/s1. The summed E-state index contributed by atoms with van der Waals surface area (Å²) in [5.74, 6) is -0.111. The highest BCUT2D eigenvalue weighted by atomic mass is 16.5. The molecule has 0 aromatic heterocycles. The molecule has 0 aliphatic carbocycles. The summed E-state index contributed by atoms with van der Waals surface area (Å²) in [5.41, 5.74) is 0. The molecule has 0 aromatic rings. The fourth-order valence-corrected chi connectivity index (χ4v) is 2.59. The van der Waals surface area contributed by atoms with E-state index in [-0.39, 0.29) is 12.1 Å². The Hall–Kier alpha value is -1.65. The molecule has 160 valence electrons. The Balaban J connectivity index is 3.72. The van der Waals surface area contributed by atoms with Crippen LogP contribution in [0.2, 0.25) is 0 Å². The molecule has 0 saturated heterocycles. The van der Waals surface area contributed by atoms with Gasteiger partial charge >= 0.3 is 5.97 Å². The van der Waals surface area contributed by atoms with Crippen LogP contribution in [0.5, 0.6) is 0 Å². The summed E-state index contributed by atoms with van der Waals surface area (Å²) in [7, 11) is 0. The lowest BCUT2D eigenvalue weighted by Crippen LogP contribution is -2.02. The summed E-state index contributed by atoms with van der Waals surface area (Å²) in [4.78, 5) is 11.2. The van der Waals surface area contributed by atoms with Crippen LogP contribution in [0.15, 0.2) is 48.6 Å². The van der Waals surface area contributed by atoms with Gasteiger partial charge in [0.25, 0.3) is 0 Å². The van der Waals surface area contributed by atoms with Gasteiger partial charge in [0.1, 0.15) is 0 Å². The minimum Gasteiger partial charge on any atom is -0.466 e. The van der Waals surface area contributed by atoms with E-state index >= 15 is 0 Å². The number of carbonyl (C=O) groups is 1. The number of allylic oxidation sites excluding steroid dienone is 5. The van der Waals surface area contributed by atoms with E-state index in [1.165, 1.54) is 0 Å². The van der Waals surface area contributed by atoms with Crippen LogP contribution < -0.4 is 0 Å². The first-order valence-corrected chi connectivity index (χ1v) is 10.8. The van der Waals surface area contributed by atoms with Crippen LogP contribution >= 0.6 is 0 Å². The van der Waals surface area contributed by atoms with Gasteiger partial charge in [-0.2, -0.15) is 0 Å². The van der Waals surface area contributed by atoms with Crippen molar-refractivity contribution >= 4 is 5.97 Å². The van der Waals surface area contributed by atoms with Crippen LogP contribution in [0.3, 0.4) is 0 Å². The third-order valence-electron chi connectivity index (χ3n) is 4.20. The van der Waals surface area contributed by atoms with E-state index in [9.17, 15) is 15.0 Å². The molecule has 2 N–H and O–H groups in total. The average Bonchev–Trinajstić information content (AvgIpc) is 2.67. The van der Waals surface area contributed by atoms with Crippen molar-refractivity contribution in [1.29, 1.82) is 0 Å². The van der Waals surface area contributed by atoms with Gasteiger partial charge < -0.3 is 14.9 Å². The lowest BCUT2D eigenvalue weighted by Gasteiger charge is -2.02. The van der Waals surface area contributed by atoms with E-state index in [1.54, 1.807) is 12.2 Å². The summed E-state index contributed by atoms with van der Waals surface area (Å²) in [5, 5.41) is 19.6. The number of hydrogen-bond acceptors (Lipinski definition) is 4. The zero-order chi connectivity index (χ0) is 20.9. The quantitative estimate of drug-likeness (QED) is 0.150. The zero-order valence-corrected chi connectivity index (χ0v) is 17.8. The lowest BCUT2D eigenvalue weighted by atomic mass is 10.1. The molecule has 0 aliphatic heterocycles. The van der Waals surface area contributed by atoms with Crippen LogP contribution in [0, 0.1) is 0 Å². The van der Waals surface area contributed by atoms with Gasteiger partial charge in [0.05, 0.1) is 18.8 Å². The van der Waals surface area contributed by atoms with Gasteiger partial charge in [0.15, 0.2) is 0 Å². The molecule has 4 nitrogen and oxygen atoms in total. The maximum Gasteiger partial charge on any atom is 0.305 e. The number of esters is 1. The molecule has 2 atom stereocenters. The molecule has 0 unspecified atom stereocenters. The van der Waals surface area contributed by atoms with Crippen molar-refractivity contribution < 1.29 is 19.7 Å². The maximum atomic E-state index is 11.2. The van der Waals surface area contributed by atoms with Gasteiger partial charge in [-0.15, -0.1) is 0 Å². The predicted molar refractivity (Wildman–Crippen MR) is 117 cm³/mol. The van der Waals surface area contributed by atoms with Gasteiger partial charge in [-0.3, -0.25) is 4.79 Å². The average molecular weight is 393 g/mol. The third kappa shape index (κ3) is 19.1. The smallest absolute Gasteiger partial charge is 0.305 e. The summed E-state index contributed by atoms with van der Waals surface area (Å²) in [6.07, 6.45) is 23.3. The largest absolute Gasteiger partial charge is 0.466 e. The van der Waals surface area contributed by atoms with Gasteiger partial charge in [-0.05, 0) is 39.0 Å². The molecule has 4 heteroatoms. The van der Waals surface area contributed by atoms with Crippen molar-refractivity contribution in [2.24, 2.45) is 0 Å². The molecular weight excluding hydrogens is 352 g/mol. The van der Waals surface area contributed by atoms with E-state index in [0.717, 1.165) is 51.4 Å². The minimum absolute atomic E-state index is 0.111. The number of rotatable bonds is 17. The van der Waals surface area contributed by atoms with Gasteiger partial charge in [0, 0.05) is 6.42 Å². The van der Waals surface area contributed by atoms with Crippen LogP contribution in [0.1, 0.15) is 78.1 Å². The molecule has 0 rings (SSSR count). The summed E-state index contributed by atoms with van der Waals surface area (Å²) in [6, 6.07) is 0. The molecule has 0 spiro atoms. The van der Waals surface area contributed by atoms with Crippen LogP contribution in [-0.2, 0) is 9.53 Å². The SMILES string of the molecule is CCCCC[C@@H](O)\C=C/C=C/C=C/[C@@H](O)C/C=C\CCCCCC(=O)OCC. The van der Waals surface area contributed by atoms with E-state index in [4.69, 9.17) is 4.74 Å². The van der Waals surface area contributed by atoms with Gasteiger partial charge in [0.2, 0.25) is 0 Å². The van der Waals surface area contributed by atoms with Crippen molar-refractivity contribution in [2.45, 2.75) is 90.3 Å². The molecule has 0 aliphatic rings. The van der Waals surface area contributed by atoms with E-state index in [0.29, 0.717) is 19.4 Å². The first kappa shape index (κ1) is 26.4. The van der Waals surface area contributed by atoms with Crippen molar-refractivity contribution in [2.75, 3.05) is 6.61 Å². The molecule has 0 heterocycles. The zero-order valence-electron chi connectivity index (χ0n) is 17.8. The monoisotopic (exact) mass is 392 g/mol. The number of aliphatic hydroxyl groups excluding tert-OH is 2. The van der Waals surface area contributed by atoms with E-state index in [2.05, 4.69) is 13.0 Å². The number of unbranched alkanes of at least 4 members (excludes halogenated alkanes) is 5. The first-order valence-electron chi connectivity index (χ1n) is 10.8. The number of carbonyl (C=O) groups excluding carboxylic acids is 1. The second-order valence-electron chi connectivity index (χ2n) is 6.90. The molecule has 0 amide bonds. The molecular formula is C24H40O4.